The molecule has 1 rings (SSSR count). The molecular formula is C15H24ClN3O4. The number of alkyl carbamates (subject to hydrolysis) is 1. The zero-order valence-electron chi connectivity index (χ0n) is 13.6. The van der Waals surface area contributed by atoms with Crippen LogP contribution in [-0.2, 0) is 11.2 Å². The molecule has 0 aromatic carbocycles. The summed E-state index contributed by atoms with van der Waals surface area (Å²) in [5, 5.41) is 15.8. The van der Waals surface area contributed by atoms with Crippen LogP contribution < -0.4 is 15.4 Å². The molecule has 7 nitrogen and oxygen atoms in total. The predicted molar refractivity (Wildman–Crippen MR) is 88.0 cm³/mol. The van der Waals surface area contributed by atoms with E-state index in [1.54, 1.807) is 12.3 Å². The first-order valence-electron chi connectivity index (χ1n) is 7.42. The standard InChI is InChI=1S/C15H24ClN3O4/c1-10(2)18-8-12(20)9-23-14-13(16)6-11(7-19-14)4-5-17-15(21)22-3/h6-7,10,12,18,20H,4-5,8-9H2,1-3H3,(H,17,21). The Morgan fingerprint density at radius 2 is 2.22 bits per heavy atom. The predicted octanol–water partition coefficient (Wildman–Crippen LogP) is 1.37. The van der Waals surface area contributed by atoms with Crippen molar-refractivity contribution >= 4 is 17.7 Å². The topological polar surface area (TPSA) is 92.7 Å². The Hall–Kier alpha value is -1.57. The number of ether oxygens (including phenoxy) is 2. The minimum atomic E-state index is -0.640. The van der Waals surface area contributed by atoms with Gasteiger partial charge < -0.3 is 25.2 Å². The van der Waals surface area contributed by atoms with Crippen molar-refractivity contribution in [1.29, 1.82) is 0 Å². The van der Waals surface area contributed by atoms with Crippen LogP contribution in [0.25, 0.3) is 0 Å². The second kappa shape index (κ2) is 10.3. The summed E-state index contributed by atoms with van der Waals surface area (Å²) >= 11 is 6.11. The fourth-order valence-electron chi connectivity index (χ4n) is 1.69. The summed E-state index contributed by atoms with van der Waals surface area (Å²) in [5.74, 6) is 0.278. The Labute approximate surface area is 141 Å². The number of rotatable bonds is 9. The van der Waals surface area contributed by atoms with E-state index in [2.05, 4.69) is 20.4 Å². The van der Waals surface area contributed by atoms with E-state index < -0.39 is 12.2 Å². The van der Waals surface area contributed by atoms with E-state index in [0.717, 1.165) is 5.56 Å². The SMILES string of the molecule is COC(=O)NCCc1cnc(OCC(O)CNC(C)C)c(Cl)c1. The van der Waals surface area contributed by atoms with Gasteiger partial charge in [0.1, 0.15) is 17.7 Å². The third-order valence-corrected chi connectivity index (χ3v) is 3.18. The summed E-state index contributed by atoms with van der Waals surface area (Å²) in [7, 11) is 1.31. The third-order valence-electron chi connectivity index (χ3n) is 2.91. The Morgan fingerprint density at radius 3 is 2.83 bits per heavy atom. The molecule has 0 radical (unpaired) electrons. The normalized spacial score (nSPS) is 12.1. The summed E-state index contributed by atoms with van der Waals surface area (Å²) in [6, 6.07) is 2.02. The number of hydrogen-bond donors (Lipinski definition) is 3. The Balaban J connectivity index is 2.42. The van der Waals surface area contributed by atoms with Crippen LogP contribution in [0.15, 0.2) is 12.3 Å². The Morgan fingerprint density at radius 1 is 1.48 bits per heavy atom. The molecule has 3 N–H and O–H groups in total. The quantitative estimate of drug-likeness (QED) is 0.626. The van der Waals surface area contributed by atoms with Crippen molar-refractivity contribution in [1.82, 2.24) is 15.6 Å². The van der Waals surface area contributed by atoms with Crippen molar-refractivity contribution in [3.8, 4) is 5.88 Å². The van der Waals surface area contributed by atoms with Crippen LogP contribution >= 0.6 is 11.6 Å². The lowest BCUT2D eigenvalue weighted by Gasteiger charge is -2.15. The monoisotopic (exact) mass is 345 g/mol. The number of halogens is 1. The van der Waals surface area contributed by atoms with Gasteiger partial charge in [-0.3, -0.25) is 0 Å². The number of carbonyl (C=O) groups excluding carboxylic acids is 1. The summed E-state index contributed by atoms with van der Waals surface area (Å²) in [4.78, 5) is 15.1. The first-order chi connectivity index (χ1) is 10.9. The van der Waals surface area contributed by atoms with Crippen molar-refractivity contribution in [3.63, 3.8) is 0 Å². The molecule has 130 valence electrons. The van der Waals surface area contributed by atoms with Crippen LogP contribution in [-0.4, -0.2) is 55.1 Å². The first kappa shape index (κ1) is 19.5. The van der Waals surface area contributed by atoms with Crippen LogP contribution in [0.3, 0.4) is 0 Å². The molecule has 0 aliphatic rings. The molecule has 0 aliphatic heterocycles. The van der Waals surface area contributed by atoms with Crippen LogP contribution in [0.5, 0.6) is 5.88 Å². The highest BCUT2D eigenvalue weighted by Crippen LogP contribution is 2.22. The van der Waals surface area contributed by atoms with Gasteiger partial charge in [-0.05, 0) is 18.1 Å². The van der Waals surface area contributed by atoms with Crippen molar-refractivity contribution in [2.75, 3.05) is 26.8 Å². The second-order valence-corrected chi connectivity index (χ2v) is 5.73. The van der Waals surface area contributed by atoms with Gasteiger partial charge in [-0.1, -0.05) is 25.4 Å². The summed E-state index contributed by atoms with van der Waals surface area (Å²) < 4.78 is 9.90. The number of aromatic nitrogens is 1. The lowest BCUT2D eigenvalue weighted by Crippen LogP contribution is -2.35. The number of methoxy groups -OCH3 is 1. The molecule has 0 saturated carbocycles. The molecular weight excluding hydrogens is 322 g/mol. The lowest BCUT2D eigenvalue weighted by molar-refractivity contribution is 0.102. The van der Waals surface area contributed by atoms with Crippen molar-refractivity contribution < 1.29 is 19.4 Å². The van der Waals surface area contributed by atoms with Gasteiger partial charge in [0.2, 0.25) is 5.88 Å². The zero-order chi connectivity index (χ0) is 17.2. The van der Waals surface area contributed by atoms with Crippen LogP contribution in [0.4, 0.5) is 4.79 Å². The molecule has 0 bridgehead atoms. The van der Waals surface area contributed by atoms with Crippen molar-refractivity contribution in [2.24, 2.45) is 0 Å². The first-order valence-corrected chi connectivity index (χ1v) is 7.80. The molecule has 1 heterocycles. The molecule has 0 aliphatic carbocycles. The number of hydrogen-bond acceptors (Lipinski definition) is 6. The van der Waals surface area contributed by atoms with E-state index in [9.17, 15) is 9.90 Å². The van der Waals surface area contributed by atoms with E-state index in [4.69, 9.17) is 16.3 Å². The number of aliphatic hydroxyl groups excluding tert-OH is 1. The fourth-order valence-corrected chi connectivity index (χ4v) is 1.94. The van der Waals surface area contributed by atoms with Gasteiger partial charge in [-0.15, -0.1) is 0 Å². The van der Waals surface area contributed by atoms with E-state index in [1.807, 2.05) is 13.8 Å². The van der Waals surface area contributed by atoms with Gasteiger partial charge in [0, 0.05) is 25.3 Å². The average Bonchev–Trinajstić information content (AvgIpc) is 2.51. The van der Waals surface area contributed by atoms with Crippen LogP contribution in [0, 0.1) is 0 Å². The maximum absolute atomic E-state index is 10.9. The molecule has 0 fully saturated rings. The molecule has 8 heteroatoms. The largest absolute Gasteiger partial charge is 0.474 e. The van der Waals surface area contributed by atoms with Gasteiger partial charge >= 0.3 is 6.09 Å². The van der Waals surface area contributed by atoms with Gasteiger partial charge in [0.25, 0.3) is 0 Å². The fraction of sp³-hybridized carbons (Fsp3) is 0.600. The number of amides is 1. The smallest absolute Gasteiger partial charge is 0.406 e. The van der Waals surface area contributed by atoms with Gasteiger partial charge in [-0.25, -0.2) is 9.78 Å². The number of aliphatic hydroxyl groups is 1. The van der Waals surface area contributed by atoms with Crippen LogP contribution in [0.1, 0.15) is 19.4 Å². The average molecular weight is 346 g/mol. The maximum Gasteiger partial charge on any atom is 0.406 e. The van der Waals surface area contributed by atoms with E-state index in [1.165, 1.54) is 7.11 Å². The van der Waals surface area contributed by atoms with Gasteiger partial charge in [0.05, 0.1) is 7.11 Å². The third kappa shape index (κ3) is 8.01. The number of nitrogens with zero attached hydrogens (tertiary/aromatic N) is 1. The summed E-state index contributed by atoms with van der Waals surface area (Å²) in [6.45, 7) is 4.96. The molecule has 1 aromatic heterocycles. The van der Waals surface area contributed by atoms with Gasteiger partial charge in [0.15, 0.2) is 0 Å². The Kier molecular flexibility index (Phi) is 8.68. The van der Waals surface area contributed by atoms with Crippen molar-refractivity contribution in [3.05, 3.63) is 22.8 Å². The maximum atomic E-state index is 10.9. The van der Waals surface area contributed by atoms with Gasteiger partial charge in [-0.2, -0.15) is 0 Å². The molecule has 0 spiro atoms. The molecule has 1 amide bonds. The zero-order valence-corrected chi connectivity index (χ0v) is 14.4. The molecule has 1 unspecified atom stereocenters. The number of nitrogens with one attached hydrogen (secondary N) is 2. The molecule has 23 heavy (non-hydrogen) atoms. The molecule has 1 atom stereocenters. The highest BCUT2D eigenvalue weighted by Gasteiger charge is 2.10. The highest BCUT2D eigenvalue weighted by molar-refractivity contribution is 6.31. The number of carbonyl (C=O) groups is 1. The minimum Gasteiger partial charge on any atom is -0.474 e. The van der Waals surface area contributed by atoms with E-state index >= 15 is 0 Å². The Bertz CT molecular complexity index is 500. The van der Waals surface area contributed by atoms with E-state index in [0.29, 0.717) is 30.6 Å². The highest BCUT2D eigenvalue weighted by atomic mass is 35.5. The molecule has 1 aromatic rings. The number of pyridine rings is 1. The second-order valence-electron chi connectivity index (χ2n) is 5.33. The van der Waals surface area contributed by atoms with E-state index in [-0.39, 0.29) is 12.5 Å². The summed E-state index contributed by atoms with van der Waals surface area (Å²) in [6.07, 6.45) is 1.08. The summed E-state index contributed by atoms with van der Waals surface area (Å²) in [5.41, 5.74) is 0.862. The minimum absolute atomic E-state index is 0.107. The molecule has 0 saturated heterocycles. The van der Waals surface area contributed by atoms with Crippen molar-refractivity contribution in [2.45, 2.75) is 32.4 Å². The lowest BCUT2D eigenvalue weighted by atomic mass is 10.2. The van der Waals surface area contributed by atoms with Crippen LogP contribution in [0.2, 0.25) is 5.02 Å².